The van der Waals surface area contributed by atoms with E-state index in [0.717, 1.165) is 0 Å². The predicted octanol–water partition coefficient (Wildman–Crippen LogP) is 0.896. The number of nitrogens with zero attached hydrogens (tertiary/aromatic N) is 2. The van der Waals surface area contributed by atoms with Crippen LogP contribution in [-0.4, -0.2) is 51.5 Å². The SMILES string of the molecule is CCCN(NC(=O)NN(CCC)C(=O)O)C(=O)O. The Hall–Kier alpha value is -2.19. The summed E-state index contributed by atoms with van der Waals surface area (Å²) in [4.78, 5) is 32.8. The van der Waals surface area contributed by atoms with Crippen LogP contribution in [0.4, 0.5) is 14.4 Å². The zero-order valence-electron chi connectivity index (χ0n) is 10.3. The summed E-state index contributed by atoms with van der Waals surface area (Å²) in [6.45, 7) is 3.72. The predicted molar refractivity (Wildman–Crippen MR) is 61.7 cm³/mol. The van der Waals surface area contributed by atoms with Crippen LogP contribution in [-0.2, 0) is 0 Å². The van der Waals surface area contributed by atoms with Crippen molar-refractivity contribution in [3.8, 4) is 0 Å². The molecule has 0 aromatic rings. The molecule has 0 saturated carbocycles. The molecule has 18 heavy (non-hydrogen) atoms. The van der Waals surface area contributed by atoms with Crippen LogP contribution in [0.1, 0.15) is 26.7 Å². The Labute approximate surface area is 104 Å². The monoisotopic (exact) mass is 262 g/mol. The number of rotatable bonds is 4. The Bertz CT molecular complexity index is 281. The van der Waals surface area contributed by atoms with Crippen molar-refractivity contribution in [3.05, 3.63) is 0 Å². The first kappa shape index (κ1) is 15.8. The van der Waals surface area contributed by atoms with Gasteiger partial charge in [-0.25, -0.2) is 35.3 Å². The lowest BCUT2D eigenvalue weighted by atomic mass is 10.5. The summed E-state index contributed by atoms with van der Waals surface area (Å²) in [5, 5.41) is 18.9. The molecule has 0 bridgehead atoms. The molecule has 0 aliphatic carbocycles. The maximum Gasteiger partial charge on any atom is 0.426 e. The van der Waals surface area contributed by atoms with Gasteiger partial charge >= 0.3 is 18.2 Å². The van der Waals surface area contributed by atoms with Gasteiger partial charge in [0.15, 0.2) is 0 Å². The molecule has 4 amide bonds. The first-order valence-corrected chi connectivity index (χ1v) is 5.50. The minimum atomic E-state index is -1.32. The van der Waals surface area contributed by atoms with E-state index in [1.807, 2.05) is 10.9 Å². The van der Waals surface area contributed by atoms with Gasteiger partial charge in [0, 0.05) is 13.1 Å². The van der Waals surface area contributed by atoms with Gasteiger partial charge in [-0.2, -0.15) is 0 Å². The fourth-order valence-electron chi connectivity index (χ4n) is 1.12. The van der Waals surface area contributed by atoms with Gasteiger partial charge in [-0.05, 0) is 12.8 Å². The third-order valence-corrected chi connectivity index (χ3v) is 1.83. The Balaban J connectivity index is 4.37. The number of urea groups is 1. The van der Waals surface area contributed by atoms with Crippen LogP contribution in [0, 0.1) is 0 Å². The molecule has 0 spiro atoms. The number of hydrazine groups is 2. The van der Waals surface area contributed by atoms with Gasteiger partial charge in [0.25, 0.3) is 0 Å². The van der Waals surface area contributed by atoms with E-state index in [0.29, 0.717) is 22.9 Å². The van der Waals surface area contributed by atoms with Crippen molar-refractivity contribution in [1.29, 1.82) is 0 Å². The maximum absolute atomic E-state index is 11.4. The molecule has 0 radical (unpaired) electrons. The largest absolute Gasteiger partial charge is 0.464 e. The first-order valence-electron chi connectivity index (χ1n) is 5.50. The second-order valence-electron chi connectivity index (χ2n) is 3.42. The van der Waals surface area contributed by atoms with Gasteiger partial charge in [0.05, 0.1) is 0 Å². The first-order chi connectivity index (χ1) is 8.42. The van der Waals surface area contributed by atoms with Gasteiger partial charge in [-0.3, -0.25) is 0 Å². The van der Waals surface area contributed by atoms with Crippen LogP contribution in [0.25, 0.3) is 0 Å². The van der Waals surface area contributed by atoms with Crippen molar-refractivity contribution >= 4 is 18.2 Å². The molecule has 0 atom stereocenters. The maximum atomic E-state index is 11.4. The van der Waals surface area contributed by atoms with Gasteiger partial charge < -0.3 is 10.2 Å². The topological polar surface area (TPSA) is 122 Å². The molecular formula is C9H18N4O5. The van der Waals surface area contributed by atoms with Crippen LogP contribution >= 0.6 is 0 Å². The smallest absolute Gasteiger partial charge is 0.426 e. The lowest BCUT2D eigenvalue weighted by molar-refractivity contribution is 0.105. The van der Waals surface area contributed by atoms with Crippen LogP contribution in [0.3, 0.4) is 0 Å². The second-order valence-corrected chi connectivity index (χ2v) is 3.42. The van der Waals surface area contributed by atoms with Gasteiger partial charge in [-0.15, -0.1) is 0 Å². The van der Waals surface area contributed by atoms with Crippen molar-refractivity contribution in [2.45, 2.75) is 26.7 Å². The Morgan fingerprint density at radius 1 is 0.889 bits per heavy atom. The van der Waals surface area contributed by atoms with Crippen molar-refractivity contribution in [2.24, 2.45) is 0 Å². The average molecular weight is 262 g/mol. The third-order valence-electron chi connectivity index (χ3n) is 1.83. The highest BCUT2D eigenvalue weighted by atomic mass is 16.4. The van der Waals surface area contributed by atoms with E-state index < -0.39 is 18.2 Å². The molecule has 104 valence electrons. The third kappa shape index (κ3) is 5.77. The van der Waals surface area contributed by atoms with E-state index in [-0.39, 0.29) is 13.1 Å². The van der Waals surface area contributed by atoms with Gasteiger partial charge in [0.1, 0.15) is 0 Å². The van der Waals surface area contributed by atoms with E-state index in [2.05, 4.69) is 0 Å². The van der Waals surface area contributed by atoms with Crippen molar-refractivity contribution in [1.82, 2.24) is 20.9 Å². The molecule has 0 heterocycles. The molecule has 0 aromatic carbocycles. The standard InChI is InChI=1S/C9H18N4O5/c1-3-5-12(8(15)16)10-7(14)11-13(6-4-2)9(17)18/h3-6H2,1-2H3,(H,15,16)(H,17,18)(H2,10,11,14). The molecule has 0 fully saturated rings. The van der Waals surface area contributed by atoms with Crippen LogP contribution in [0.15, 0.2) is 0 Å². The molecular weight excluding hydrogens is 244 g/mol. The van der Waals surface area contributed by atoms with Crippen LogP contribution < -0.4 is 10.9 Å². The number of amides is 4. The summed E-state index contributed by atoms with van der Waals surface area (Å²) in [6.07, 6.45) is -1.59. The zero-order chi connectivity index (χ0) is 14.1. The van der Waals surface area contributed by atoms with E-state index in [1.165, 1.54) is 0 Å². The average Bonchev–Trinajstić information content (AvgIpc) is 2.27. The van der Waals surface area contributed by atoms with E-state index in [1.54, 1.807) is 13.8 Å². The lowest BCUT2D eigenvalue weighted by Gasteiger charge is -2.23. The molecule has 0 rings (SSSR count). The number of carboxylic acid groups (broad SMARTS) is 2. The molecule has 0 aromatic heterocycles. The lowest BCUT2D eigenvalue weighted by Crippen LogP contribution is -2.55. The summed E-state index contributed by atoms with van der Waals surface area (Å²) >= 11 is 0. The van der Waals surface area contributed by atoms with Crippen molar-refractivity contribution in [3.63, 3.8) is 0 Å². The number of carbonyl (C=O) groups is 3. The summed E-state index contributed by atoms with van der Waals surface area (Å²) in [7, 11) is 0. The Morgan fingerprint density at radius 2 is 1.22 bits per heavy atom. The summed E-state index contributed by atoms with van der Waals surface area (Å²) in [5.41, 5.74) is 4.08. The van der Waals surface area contributed by atoms with Crippen LogP contribution in [0.5, 0.6) is 0 Å². The second kappa shape index (κ2) is 7.98. The highest BCUT2D eigenvalue weighted by molar-refractivity contribution is 5.79. The van der Waals surface area contributed by atoms with Crippen molar-refractivity contribution < 1.29 is 24.6 Å². The minimum Gasteiger partial charge on any atom is -0.464 e. The molecule has 9 nitrogen and oxygen atoms in total. The molecule has 0 aliphatic heterocycles. The zero-order valence-corrected chi connectivity index (χ0v) is 10.3. The minimum absolute atomic E-state index is 0.115. The number of carbonyl (C=O) groups excluding carboxylic acids is 1. The summed E-state index contributed by atoms with van der Waals surface area (Å²) in [6, 6.07) is -0.915. The normalized spacial score (nSPS) is 9.44. The van der Waals surface area contributed by atoms with Crippen LogP contribution in [0.2, 0.25) is 0 Å². The van der Waals surface area contributed by atoms with Crippen molar-refractivity contribution in [2.75, 3.05) is 13.1 Å². The molecule has 0 unspecified atom stereocenters. The van der Waals surface area contributed by atoms with E-state index >= 15 is 0 Å². The Kier molecular flexibility index (Phi) is 7.01. The highest BCUT2D eigenvalue weighted by Crippen LogP contribution is 1.90. The van der Waals surface area contributed by atoms with E-state index in [4.69, 9.17) is 10.2 Å². The van der Waals surface area contributed by atoms with E-state index in [9.17, 15) is 14.4 Å². The molecule has 4 N–H and O–H groups in total. The molecule has 0 saturated heterocycles. The highest BCUT2D eigenvalue weighted by Gasteiger charge is 2.17. The summed E-state index contributed by atoms with van der Waals surface area (Å²) < 4.78 is 0. The van der Waals surface area contributed by atoms with Gasteiger partial charge in [-0.1, -0.05) is 13.8 Å². The number of nitrogens with one attached hydrogen (secondary N) is 2. The summed E-state index contributed by atoms with van der Waals surface area (Å²) in [5.74, 6) is 0. The van der Waals surface area contributed by atoms with Gasteiger partial charge in [0.2, 0.25) is 0 Å². The fourth-order valence-corrected chi connectivity index (χ4v) is 1.12. The fraction of sp³-hybridized carbons (Fsp3) is 0.667. The number of hydrogen-bond donors (Lipinski definition) is 4. The molecule has 0 aliphatic rings. The molecule has 9 heteroatoms. The Morgan fingerprint density at radius 3 is 1.44 bits per heavy atom. The number of hydrogen-bond acceptors (Lipinski definition) is 3. The quantitative estimate of drug-likeness (QED) is 0.560.